The number of fused-ring (bicyclic) bond motifs is 1. The minimum absolute atomic E-state index is 0.0309. The normalized spacial score (nSPS) is 17.8. The topological polar surface area (TPSA) is 94.1 Å². The summed E-state index contributed by atoms with van der Waals surface area (Å²) in [6.07, 6.45) is 0.166. The van der Waals surface area contributed by atoms with Crippen LogP contribution in [0, 0.1) is 0 Å². The largest absolute Gasteiger partial charge is 0.493 e. The molecule has 36 heavy (non-hydrogen) atoms. The molecular formula is C24H19F3N4O3S2. The predicted molar refractivity (Wildman–Crippen MR) is 128 cm³/mol. The second-order valence-electron chi connectivity index (χ2n) is 8.38. The lowest BCUT2D eigenvalue weighted by molar-refractivity contribution is -0.137. The van der Waals surface area contributed by atoms with Crippen molar-refractivity contribution < 1.29 is 26.3 Å². The van der Waals surface area contributed by atoms with E-state index in [0.29, 0.717) is 33.9 Å². The van der Waals surface area contributed by atoms with Gasteiger partial charge >= 0.3 is 6.18 Å². The van der Waals surface area contributed by atoms with Gasteiger partial charge in [0.05, 0.1) is 17.1 Å². The van der Waals surface area contributed by atoms with Crippen LogP contribution in [0.1, 0.15) is 30.0 Å². The van der Waals surface area contributed by atoms with Crippen molar-refractivity contribution in [2.24, 2.45) is 0 Å². The molecular weight excluding hydrogens is 513 g/mol. The van der Waals surface area contributed by atoms with Crippen LogP contribution in [-0.4, -0.2) is 30.0 Å². The van der Waals surface area contributed by atoms with Crippen molar-refractivity contribution in [2.75, 3.05) is 11.3 Å². The minimum atomic E-state index is -4.50. The third kappa shape index (κ3) is 4.42. The maximum Gasteiger partial charge on any atom is 0.416 e. The number of benzene rings is 2. The van der Waals surface area contributed by atoms with Crippen molar-refractivity contribution >= 4 is 27.2 Å². The van der Waals surface area contributed by atoms with Gasteiger partial charge in [-0.2, -0.15) is 13.2 Å². The van der Waals surface area contributed by atoms with Gasteiger partial charge in [-0.3, -0.25) is 4.72 Å². The third-order valence-corrected chi connectivity index (χ3v) is 8.30. The fourth-order valence-electron chi connectivity index (χ4n) is 4.31. The van der Waals surface area contributed by atoms with E-state index in [9.17, 15) is 21.6 Å². The second-order valence-corrected chi connectivity index (χ2v) is 11.0. The molecule has 2 aromatic carbocycles. The molecule has 7 nitrogen and oxygen atoms in total. The average molecular weight is 533 g/mol. The van der Waals surface area contributed by atoms with Crippen molar-refractivity contribution in [1.82, 2.24) is 15.0 Å². The van der Waals surface area contributed by atoms with Crippen LogP contribution in [0.2, 0.25) is 0 Å². The number of nitrogens with zero attached hydrogens (tertiary/aromatic N) is 3. The Hall–Kier alpha value is -3.51. The zero-order chi connectivity index (χ0) is 25.6. The first-order valence-electron chi connectivity index (χ1n) is 10.8. The fourth-order valence-corrected chi connectivity index (χ4v) is 6.00. The summed E-state index contributed by atoms with van der Waals surface area (Å²) >= 11 is 1.25. The molecule has 2 aromatic heterocycles. The molecule has 1 atom stereocenters. The second kappa shape index (κ2) is 8.86. The summed E-state index contributed by atoms with van der Waals surface area (Å²) in [7, 11) is -3.97. The number of halogens is 3. The lowest BCUT2D eigenvalue weighted by Gasteiger charge is -2.37. The van der Waals surface area contributed by atoms with E-state index in [0.717, 1.165) is 12.1 Å². The van der Waals surface area contributed by atoms with E-state index in [-0.39, 0.29) is 17.3 Å². The Balaban J connectivity index is 1.59. The van der Waals surface area contributed by atoms with Crippen LogP contribution in [0.25, 0.3) is 10.6 Å². The van der Waals surface area contributed by atoms with Gasteiger partial charge in [-0.1, -0.05) is 19.1 Å². The Kier molecular flexibility index (Phi) is 5.95. The average Bonchev–Trinajstić information content (AvgIpc) is 3.38. The van der Waals surface area contributed by atoms with Crippen LogP contribution in [0.4, 0.5) is 19.0 Å². The van der Waals surface area contributed by atoms with Crippen LogP contribution in [-0.2, 0) is 21.6 Å². The predicted octanol–water partition coefficient (Wildman–Crippen LogP) is 5.51. The van der Waals surface area contributed by atoms with Gasteiger partial charge in [0.25, 0.3) is 10.0 Å². The van der Waals surface area contributed by atoms with E-state index < -0.39 is 27.2 Å². The summed E-state index contributed by atoms with van der Waals surface area (Å²) in [6, 6.07) is 9.61. The standard InChI is InChI=1S/C24H19F3N4O3S2/c1-23(18-4-2-15(24(25,26)27)12-17(18)22-29-9-11-35-22)7-10-34-20-13-16(3-5-19(20)23)36(32,33)31-21-6-8-28-14-30-21/h2-6,8-9,11-14H,7,10H2,1H3,(H,28,30,31)/t23-/m0/s1. The van der Waals surface area contributed by atoms with Crippen LogP contribution < -0.4 is 9.46 Å². The summed E-state index contributed by atoms with van der Waals surface area (Å²) in [5.41, 5.74) is 0.208. The van der Waals surface area contributed by atoms with E-state index in [1.165, 1.54) is 48.1 Å². The number of anilines is 1. The molecule has 0 amide bonds. The van der Waals surface area contributed by atoms with Gasteiger partial charge in [0, 0.05) is 40.4 Å². The molecule has 1 aliphatic heterocycles. The van der Waals surface area contributed by atoms with E-state index in [2.05, 4.69) is 19.7 Å². The molecule has 0 bridgehead atoms. The maximum atomic E-state index is 13.5. The summed E-state index contributed by atoms with van der Waals surface area (Å²) < 4.78 is 74.6. The first kappa shape index (κ1) is 24.2. The Bertz CT molecular complexity index is 1510. The van der Waals surface area contributed by atoms with E-state index in [4.69, 9.17) is 4.74 Å². The first-order chi connectivity index (χ1) is 17.1. The molecule has 186 valence electrons. The van der Waals surface area contributed by atoms with Crippen molar-refractivity contribution in [3.8, 4) is 16.3 Å². The van der Waals surface area contributed by atoms with Crippen molar-refractivity contribution in [3.05, 3.63) is 83.3 Å². The molecule has 0 unspecified atom stereocenters. The number of rotatable bonds is 5. The number of alkyl halides is 3. The molecule has 3 heterocycles. The SMILES string of the molecule is C[C@@]1(c2ccc(C(F)(F)F)cc2-c2nccs2)CCOc2cc(S(=O)(=O)Nc3ccncn3)ccc21. The number of sulfonamides is 1. The molecule has 0 fully saturated rings. The van der Waals surface area contributed by atoms with Crippen molar-refractivity contribution in [2.45, 2.75) is 29.8 Å². The Labute approximate surface area is 209 Å². The van der Waals surface area contributed by atoms with E-state index in [1.54, 1.807) is 17.6 Å². The van der Waals surface area contributed by atoms with Crippen LogP contribution in [0.15, 0.2) is 71.5 Å². The molecule has 1 N–H and O–H groups in total. The molecule has 0 spiro atoms. The highest BCUT2D eigenvalue weighted by atomic mass is 32.2. The van der Waals surface area contributed by atoms with Gasteiger partial charge in [0.1, 0.15) is 22.9 Å². The van der Waals surface area contributed by atoms with Gasteiger partial charge in [0.2, 0.25) is 0 Å². The van der Waals surface area contributed by atoms with Crippen molar-refractivity contribution in [1.29, 1.82) is 0 Å². The Morgan fingerprint density at radius 3 is 2.56 bits per heavy atom. The van der Waals surface area contributed by atoms with Crippen LogP contribution in [0.3, 0.4) is 0 Å². The maximum absolute atomic E-state index is 13.5. The zero-order valence-electron chi connectivity index (χ0n) is 18.8. The van der Waals surface area contributed by atoms with Gasteiger partial charge in [-0.15, -0.1) is 11.3 Å². The molecule has 12 heteroatoms. The lowest BCUT2D eigenvalue weighted by atomic mass is 9.70. The van der Waals surface area contributed by atoms with E-state index >= 15 is 0 Å². The summed E-state index contributed by atoms with van der Waals surface area (Å²) in [4.78, 5) is 11.9. The molecule has 5 rings (SSSR count). The molecule has 1 aliphatic rings. The lowest BCUT2D eigenvalue weighted by Crippen LogP contribution is -2.32. The molecule has 0 saturated heterocycles. The highest BCUT2D eigenvalue weighted by molar-refractivity contribution is 7.92. The highest BCUT2D eigenvalue weighted by Crippen LogP contribution is 2.48. The fraction of sp³-hybridized carbons (Fsp3) is 0.208. The molecule has 4 aromatic rings. The summed E-state index contributed by atoms with van der Waals surface area (Å²) in [6.45, 7) is 2.17. The smallest absolute Gasteiger partial charge is 0.416 e. The number of thiazole rings is 1. The van der Waals surface area contributed by atoms with Gasteiger partial charge in [-0.05, 0) is 36.2 Å². The van der Waals surface area contributed by atoms with Crippen molar-refractivity contribution in [3.63, 3.8) is 0 Å². The summed E-state index contributed by atoms with van der Waals surface area (Å²) in [5.74, 6) is 0.464. The summed E-state index contributed by atoms with van der Waals surface area (Å²) in [5, 5.41) is 2.18. The Morgan fingerprint density at radius 2 is 1.86 bits per heavy atom. The Morgan fingerprint density at radius 1 is 1.06 bits per heavy atom. The monoisotopic (exact) mass is 532 g/mol. The minimum Gasteiger partial charge on any atom is -0.493 e. The third-order valence-electron chi connectivity index (χ3n) is 6.14. The van der Waals surface area contributed by atoms with Crippen LogP contribution in [0.5, 0.6) is 5.75 Å². The molecule has 0 saturated carbocycles. The van der Waals surface area contributed by atoms with Gasteiger partial charge in [0.15, 0.2) is 0 Å². The van der Waals surface area contributed by atoms with Crippen LogP contribution >= 0.6 is 11.3 Å². The van der Waals surface area contributed by atoms with Gasteiger partial charge < -0.3 is 4.74 Å². The molecule has 0 aliphatic carbocycles. The van der Waals surface area contributed by atoms with Gasteiger partial charge in [-0.25, -0.2) is 23.4 Å². The zero-order valence-corrected chi connectivity index (χ0v) is 20.4. The number of ether oxygens (including phenoxy) is 1. The van der Waals surface area contributed by atoms with E-state index in [1.807, 2.05) is 6.92 Å². The number of aromatic nitrogens is 3. The number of hydrogen-bond donors (Lipinski definition) is 1. The highest BCUT2D eigenvalue weighted by Gasteiger charge is 2.39. The first-order valence-corrected chi connectivity index (χ1v) is 13.1. The number of nitrogens with one attached hydrogen (secondary N) is 1. The quantitative estimate of drug-likeness (QED) is 0.364. The number of hydrogen-bond acceptors (Lipinski definition) is 7. The molecule has 0 radical (unpaired) electrons.